The molecule has 1 aromatic rings. The number of rotatable bonds is 0. The quantitative estimate of drug-likeness (QED) is 0.268. The van der Waals surface area contributed by atoms with E-state index in [0.717, 1.165) is 0 Å². The highest BCUT2D eigenvalue weighted by Crippen LogP contribution is 2.41. The number of benzene rings is 1. The van der Waals surface area contributed by atoms with Crippen LogP contribution in [0.2, 0.25) is 20.1 Å². The zero-order valence-corrected chi connectivity index (χ0v) is 12.6. The molecule has 0 bridgehead atoms. The number of hydrogen-bond donors (Lipinski definition) is 0. The molecule has 0 aromatic heterocycles. The Kier molecular flexibility index (Phi) is 4.54. The van der Waals surface area contributed by atoms with Crippen LogP contribution in [0.4, 0.5) is 0 Å². The molecule has 1 rings (SSSR count). The predicted octanol–water partition coefficient (Wildman–Crippen LogP) is 5.51. The normalized spacial score (nSPS) is 10.5. The van der Waals surface area contributed by atoms with Gasteiger partial charge in [0.25, 0.3) is 0 Å². The van der Waals surface area contributed by atoms with Gasteiger partial charge < -0.3 is 0 Å². The minimum atomic E-state index is 0.455. The van der Waals surface area contributed by atoms with E-state index in [0.29, 0.717) is 27.2 Å². The van der Waals surface area contributed by atoms with Crippen molar-refractivity contribution in [2.75, 3.05) is 0 Å². The SMILES string of the molecule is Clc1c(Cl)c(I)c(Cl)c(Cl)c1I. The van der Waals surface area contributed by atoms with Crippen molar-refractivity contribution in [3.05, 3.63) is 27.2 Å². The summed E-state index contributed by atoms with van der Waals surface area (Å²) in [6.45, 7) is 0. The van der Waals surface area contributed by atoms with Gasteiger partial charge in [0, 0.05) is 0 Å². The van der Waals surface area contributed by atoms with Crippen molar-refractivity contribution in [3.63, 3.8) is 0 Å². The van der Waals surface area contributed by atoms with Crippen LogP contribution in [0.3, 0.4) is 0 Å². The average Bonchev–Trinajstić information content (AvgIpc) is 2.08. The molecule has 0 nitrogen and oxygen atoms in total. The Hall–Kier alpha value is 1.84. The van der Waals surface area contributed by atoms with Gasteiger partial charge in [-0.25, -0.2) is 0 Å². The van der Waals surface area contributed by atoms with Crippen molar-refractivity contribution in [1.29, 1.82) is 0 Å². The Morgan fingerprint density at radius 1 is 0.583 bits per heavy atom. The Morgan fingerprint density at radius 2 is 0.750 bits per heavy atom. The lowest BCUT2D eigenvalue weighted by atomic mass is 10.3. The first-order chi connectivity index (χ1) is 5.46. The molecule has 0 radical (unpaired) electrons. The van der Waals surface area contributed by atoms with Gasteiger partial charge in [-0.05, 0) is 45.2 Å². The molecule has 0 saturated heterocycles. The maximum atomic E-state index is 5.87. The maximum Gasteiger partial charge on any atom is 0.0752 e. The topological polar surface area (TPSA) is 0 Å². The summed E-state index contributed by atoms with van der Waals surface area (Å²) >= 11 is 27.5. The van der Waals surface area contributed by atoms with Gasteiger partial charge in [0.2, 0.25) is 0 Å². The van der Waals surface area contributed by atoms with E-state index >= 15 is 0 Å². The number of hydrogen-bond acceptors (Lipinski definition) is 0. The van der Waals surface area contributed by atoms with E-state index in [9.17, 15) is 0 Å². The summed E-state index contributed by atoms with van der Waals surface area (Å²) in [5.41, 5.74) is 0. The number of halogens is 6. The summed E-state index contributed by atoms with van der Waals surface area (Å²) in [4.78, 5) is 0. The van der Waals surface area contributed by atoms with Gasteiger partial charge in [0.1, 0.15) is 0 Å². The summed E-state index contributed by atoms with van der Waals surface area (Å²) in [5.74, 6) is 0. The molecule has 66 valence electrons. The molecule has 0 aliphatic rings. The minimum absolute atomic E-state index is 0.455. The molecule has 0 atom stereocenters. The molecule has 1 aromatic carbocycles. The highest BCUT2D eigenvalue weighted by atomic mass is 127. The van der Waals surface area contributed by atoms with Crippen LogP contribution < -0.4 is 0 Å². The van der Waals surface area contributed by atoms with Crippen LogP contribution in [0.15, 0.2) is 0 Å². The molecular weight excluding hydrogens is 468 g/mol. The first-order valence-corrected chi connectivity index (χ1v) is 6.30. The molecule has 0 N–H and O–H groups in total. The predicted molar refractivity (Wildman–Crippen MR) is 71.9 cm³/mol. The Bertz CT molecular complexity index is 232. The van der Waals surface area contributed by atoms with E-state index < -0.39 is 0 Å². The van der Waals surface area contributed by atoms with Crippen LogP contribution in [-0.2, 0) is 0 Å². The van der Waals surface area contributed by atoms with E-state index in [1.54, 1.807) is 0 Å². The summed E-state index contributed by atoms with van der Waals surface area (Å²) in [6.07, 6.45) is 0. The standard InChI is InChI=1S/C6Cl4I2/c7-1-2(8)6(12)4(10)3(9)5(1)11. The van der Waals surface area contributed by atoms with E-state index in [1.807, 2.05) is 45.2 Å². The molecule has 0 unspecified atom stereocenters. The maximum absolute atomic E-state index is 5.87. The van der Waals surface area contributed by atoms with Crippen LogP contribution in [0.5, 0.6) is 0 Å². The van der Waals surface area contributed by atoms with Gasteiger partial charge in [-0.15, -0.1) is 0 Å². The molecule has 0 fully saturated rings. The lowest BCUT2D eigenvalue weighted by Gasteiger charge is -2.06. The van der Waals surface area contributed by atoms with Crippen LogP contribution in [0, 0.1) is 7.14 Å². The van der Waals surface area contributed by atoms with Crippen molar-refractivity contribution in [2.45, 2.75) is 0 Å². The van der Waals surface area contributed by atoms with Crippen molar-refractivity contribution >= 4 is 91.6 Å². The molecular formula is C6Cl4I2. The van der Waals surface area contributed by atoms with Crippen LogP contribution in [0.25, 0.3) is 0 Å². The van der Waals surface area contributed by atoms with Gasteiger partial charge >= 0.3 is 0 Å². The van der Waals surface area contributed by atoms with E-state index in [-0.39, 0.29) is 0 Å². The zero-order valence-electron chi connectivity index (χ0n) is 5.27. The van der Waals surface area contributed by atoms with Gasteiger partial charge in [-0.3, -0.25) is 0 Å². The second kappa shape index (κ2) is 4.57. The molecule has 0 aliphatic carbocycles. The summed E-state index contributed by atoms with van der Waals surface area (Å²) in [5, 5.41) is 1.82. The largest absolute Gasteiger partial charge is 0.0814 e. The first kappa shape index (κ1) is 11.9. The third kappa shape index (κ3) is 2.08. The van der Waals surface area contributed by atoms with E-state index in [1.165, 1.54) is 0 Å². The third-order valence-corrected chi connectivity index (χ3v) is 6.29. The molecule has 0 aliphatic heterocycles. The van der Waals surface area contributed by atoms with Gasteiger partial charge in [0.05, 0.1) is 27.2 Å². The van der Waals surface area contributed by atoms with E-state index in [2.05, 4.69) is 0 Å². The van der Waals surface area contributed by atoms with Crippen molar-refractivity contribution in [2.24, 2.45) is 0 Å². The fraction of sp³-hybridized carbons (Fsp3) is 0. The molecule has 0 heterocycles. The highest BCUT2D eigenvalue weighted by molar-refractivity contribution is 14.1. The second-order valence-electron chi connectivity index (χ2n) is 1.88. The molecule has 0 spiro atoms. The Morgan fingerprint density at radius 3 is 0.917 bits per heavy atom. The molecule has 0 amide bonds. The first-order valence-electron chi connectivity index (χ1n) is 2.63. The fourth-order valence-corrected chi connectivity index (χ4v) is 3.15. The van der Waals surface area contributed by atoms with E-state index in [4.69, 9.17) is 46.4 Å². The second-order valence-corrected chi connectivity index (χ2v) is 5.55. The average molecular weight is 468 g/mol. The van der Waals surface area contributed by atoms with Crippen LogP contribution >= 0.6 is 91.6 Å². The molecule has 12 heavy (non-hydrogen) atoms. The van der Waals surface area contributed by atoms with Crippen molar-refractivity contribution < 1.29 is 0 Å². The summed E-state index contributed by atoms with van der Waals surface area (Å²) < 4.78 is 1.37. The molecule has 0 saturated carbocycles. The van der Waals surface area contributed by atoms with Crippen molar-refractivity contribution in [1.82, 2.24) is 0 Å². The summed E-state index contributed by atoms with van der Waals surface area (Å²) in [7, 11) is 0. The monoisotopic (exact) mass is 466 g/mol. The minimum Gasteiger partial charge on any atom is -0.0814 e. The highest BCUT2D eigenvalue weighted by Gasteiger charge is 2.16. The van der Waals surface area contributed by atoms with Gasteiger partial charge in [0.15, 0.2) is 0 Å². The summed E-state index contributed by atoms with van der Waals surface area (Å²) in [6, 6.07) is 0. The Balaban J connectivity index is 3.60. The molecule has 6 heteroatoms. The fourth-order valence-electron chi connectivity index (χ4n) is 0.578. The zero-order chi connectivity index (χ0) is 9.46. The smallest absolute Gasteiger partial charge is 0.0752 e. The lowest BCUT2D eigenvalue weighted by molar-refractivity contribution is 1.59. The van der Waals surface area contributed by atoms with Crippen LogP contribution in [0.1, 0.15) is 0 Å². The van der Waals surface area contributed by atoms with Crippen molar-refractivity contribution in [3.8, 4) is 0 Å². The lowest BCUT2D eigenvalue weighted by Crippen LogP contribution is -1.86. The third-order valence-electron chi connectivity index (χ3n) is 1.16. The van der Waals surface area contributed by atoms with Crippen LogP contribution in [-0.4, -0.2) is 0 Å². The Labute approximate surface area is 117 Å². The van der Waals surface area contributed by atoms with Gasteiger partial charge in [-0.2, -0.15) is 0 Å². The van der Waals surface area contributed by atoms with Gasteiger partial charge in [-0.1, -0.05) is 46.4 Å².